The average Bonchev–Trinajstić information content (AvgIpc) is 2.85. The Balaban J connectivity index is 1.69. The number of nitro benzene ring substituents is 1. The van der Waals surface area contributed by atoms with Crippen molar-refractivity contribution in [1.82, 2.24) is 4.31 Å². The smallest absolute Gasteiger partial charge is 0.271 e. The minimum atomic E-state index is -3.74. The minimum absolute atomic E-state index is 0.0607. The van der Waals surface area contributed by atoms with Crippen LogP contribution in [0.1, 0.15) is 29.6 Å². The maximum atomic E-state index is 13.3. The van der Waals surface area contributed by atoms with Crippen molar-refractivity contribution < 1.29 is 22.9 Å². The Kier molecular flexibility index (Phi) is 6.91. The number of anilines is 2. The number of rotatable bonds is 6. The van der Waals surface area contributed by atoms with E-state index in [1.807, 2.05) is 4.90 Å². The Morgan fingerprint density at radius 2 is 1.73 bits per heavy atom. The van der Waals surface area contributed by atoms with Crippen LogP contribution in [-0.2, 0) is 14.8 Å². The zero-order chi connectivity index (χ0) is 23.4. The fourth-order valence-electron chi connectivity index (χ4n) is 4.09. The summed E-state index contributed by atoms with van der Waals surface area (Å²) in [5, 5.41) is 13.8. The number of nitro groups is 1. The van der Waals surface area contributed by atoms with Crippen LogP contribution in [0.5, 0.6) is 0 Å². The molecule has 2 fully saturated rings. The predicted octanol–water partition coefficient (Wildman–Crippen LogP) is 2.86. The molecule has 1 N–H and O–H groups in total. The molecule has 2 saturated heterocycles. The second kappa shape index (κ2) is 9.86. The summed E-state index contributed by atoms with van der Waals surface area (Å²) in [6.07, 6.45) is 2.62. The quantitative estimate of drug-likeness (QED) is 0.505. The van der Waals surface area contributed by atoms with Gasteiger partial charge in [0.15, 0.2) is 0 Å². The van der Waals surface area contributed by atoms with Crippen molar-refractivity contribution in [3.8, 4) is 0 Å². The Labute approximate surface area is 192 Å². The predicted molar refractivity (Wildman–Crippen MR) is 123 cm³/mol. The average molecular weight is 475 g/mol. The Hall–Kier alpha value is -3.02. The molecule has 0 aromatic heterocycles. The van der Waals surface area contributed by atoms with E-state index in [2.05, 4.69) is 5.32 Å². The van der Waals surface area contributed by atoms with Crippen molar-refractivity contribution in [2.45, 2.75) is 24.2 Å². The molecule has 1 amide bonds. The molecule has 11 heteroatoms. The number of carbonyl (C=O) groups excluding carboxylic acids is 1. The summed E-state index contributed by atoms with van der Waals surface area (Å²) >= 11 is 0. The number of ether oxygens (including phenoxy) is 1. The van der Waals surface area contributed by atoms with Crippen molar-refractivity contribution >= 4 is 33.0 Å². The number of nitrogens with one attached hydrogen (secondary N) is 1. The summed E-state index contributed by atoms with van der Waals surface area (Å²) in [6.45, 7) is 3.05. The van der Waals surface area contributed by atoms with Crippen LogP contribution < -0.4 is 10.2 Å². The van der Waals surface area contributed by atoms with Gasteiger partial charge in [0.05, 0.1) is 28.6 Å². The van der Waals surface area contributed by atoms with Crippen molar-refractivity contribution in [3.63, 3.8) is 0 Å². The largest absolute Gasteiger partial charge is 0.378 e. The van der Waals surface area contributed by atoms with E-state index in [0.717, 1.165) is 19.3 Å². The van der Waals surface area contributed by atoms with Crippen LogP contribution in [0, 0.1) is 10.1 Å². The van der Waals surface area contributed by atoms with Gasteiger partial charge in [-0.05, 0) is 37.1 Å². The summed E-state index contributed by atoms with van der Waals surface area (Å²) in [7, 11) is -3.74. The maximum Gasteiger partial charge on any atom is 0.271 e. The fourth-order valence-corrected chi connectivity index (χ4v) is 5.63. The molecule has 4 rings (SSSR count). The second-order valence-electron chi connectivity index (χ2n) is 8.00. The first-order chi connectivity index (χ1) is 15.9. The van der Waals surface area contributed by atoms with Crippen LogP contribution in [0.15, 0.2) is 47.4 Å². The standard InChI is InChI=1S/C22H26N4O6S/c27-22(23-17-5-4-6-18(15-17)26(28)29)20-16-19(33(30,31)25-9-2-1-3-10-25)7-8-21(20)24-11-13-32-14-12-24/h4-8,15-16H,1-3,9-14H2,(H,23,27). The number of carbonyl (C=O) groups is 1. The van der Waals surface area contributed by atoms with Crippen molar-refractivity contribution in [2.24, 2.45) is 0 Å². The molecule has 0 saturated carbocycles. The molecule has 2 aromatic carbocycles. The van der Waals surface area contributed by atoms with Crippen molar-refractivity contribution in [2.75, 3.05) is 49.6 Å². The van der Waals surface area contributed by atoms with Gasteiger partial charge >= 0.3 is 0 Å². The molecule has 0 bridgehead atoms. The highest BCUT2D eigenvalue weighted by molar-refractivity contribution is 7.89. The molecule has 2 aliphatic heterocycles. The number of hydrogen-bond acceptors (Lipinski definition) is 7. The number of morpholine rings is 1. The third kappa shape index (κ3) is 5.15. The number of benzene rings is 2. The van der Waals surface area contributed by atoms with E-state index >= 15 is 0 Å². The van der Waals surface area contributed by atoms with Crippen LogP contribution in [0.4, 0.5) is 17.1 Å². The van der Waals surface area contributed by atoms with Gasteiger partial charge in [-0.2, -0.15) is 4.31 Å². The monoisotopic (exact) mass is 474 g/mol. The molecular formula is C22H26N4O6S. The van der Waals surface area contributed by atoms with E-state index < -0.39 is 20.9 Å². The van der Waals surface area contributed by atoms with Gasteiger partial charge in [-0.1, -0.05) is 12.5 Å². The molecular weight excluding hydrogens is 448 g/mol. The van der Waals surface area contributed by atoms with Crippen LogP contribution in [0.3, 0.4) is 0 Å². The SMILES string of the molecule is O=C(Nc1cccc([N+](=O)[O-])c1)c1cc(S(=O)(=O)N2CCCCC2)ccc1N1CCOCC1. The van der Waals surface area contributed by atoms with Gasteiger partial charge in [0.25, 0.3) is 11.6 Å². The van der Waals surface area contributed by atoms with Crippen LogP contribution in [0.2, 0.25) is 0 Å². The van der Waals surface area contributed by atoms with E-state index in [1.54, 1.807) is 18.2 Å². The van der Waals surface area contributed by atoms with E-state index in [4.69, 9.17) is 4.74 Å². The molecule has 2 aliphatic rings. The highest BCUT2D eigenvalue weighted by Crippen LogP contribution is 2.29. The molecule has 176 valence electrons. The summed E-state index contributed by atoms with van der Waals surface area (Å²) in [4.78, 5) is 25.8. The molecule has 10 nitrogen and oxygen atoms in total. The normalized spacial score (nSPS) is 17.5. The molecule has 0 unspecified atom stereocenters. The Morgan fingerprint density at radius 1 is 1.00 bits per heavy atom. The maximum absolute atomic E-state index is 13.3. The number of non-ortho nitro benzene ring substituents is 1. The van der Waals surface area contributed by atoms with Gasteiger partial charge in [-0.15, -0.1) is 0 Å². The molecule has 0 aliphatic carbocycles. The number of nitrogens with zero attached hydrogens (tertiary/aromatic N) is 3. The summed E-state index contributed by atoms with van der Waals surface area (Å²) < 4.78 is 33.3. The van der Waals surface area contributed by atoms with Crippen LogP contribution in [0.25, 0.3) is 0 Å². The third-order valence-corrected chi connectivity index (χ3v) is 7.73. The summed E-state index contributed by atoms with van der Waals surface area (Å²) in [5.74, 6) is -0.535. The van der Waals surface area contributed by atoms with Crippen molar-refractivity contribution in [1.29, 1.82) is 0 Å². The zero-order valence-corrected chi connectivity index (χ0v) is 18.9. The molecule has 2 heterocycles. The lowest BCUT2D eigenvalue weighted by Gasteiger charge is -2.31. The van der Waals surface area contributed by atoms with E-state index in [-0.39, 0.29) is 21.8 Å². The van der Waals surface area contributed by atoms with Gasteiger partial charge in [-0.3, -0.25) is 14.9 Å². The molecule has 0 radical (unpaired) electrons. The first-order valence-corrected chi connectivity index (χ1v) is 12.3. The van der Waals surface area contributed by atoms with Gasteiger partial charge in [0, 0.05) is 49.7 Å². The summed E-state index contributed by atoms with van der Waals surface area (Å²) in [6, 6.07) is 10.2. The highest BCUT2D eigenvalue weighted by Gasteiger charge is 2.28. The molecule has 33 heavy (non-hydrogen) atoms. The van der Waals surface area contributed by atoms with Gasteiger partial charge in [-0.25, -0.2) is 8.42 Å². The van der Waals surface area contributed by atoms with Crippen molar-refractivity contribution in [3.05, 3.63) is 58.1 Å². The molecule has 0 spiro atoms. The topological polar surface area (TPSA) is 122 Å². The summed E-state index contributed by atoms with van der Waals surface area (Å²) in [5.41, 5.74) is 0.898. The Bertz CT molecular complexity index is 1140. The first-order valence-electron chi connectivity index (χ1n) is 10.9. The lowest BCUT2D eigenvalue weighted by atomic mass is 10.1. The molecule has 2 aromatic rings. The minimum Gasteiger partial charge on any atom is -0.378 e. The van der Waals surface area contributed by atoms with Gasteiger partial charge in [0.2, 0.25) is 10.0 Å². The van der Waals surface area contributed by atoms with Gasteiger partial charge < -0.3 is 15.0 Å². The number of piperidine rings is 1. The zero-order valence-electron chi connectivity index (χ0n) is 18.1. The lowest BCUT2D eigenvalue weighted by molar-refractivity contribution is -0.384. The number of hydrogen-bond donors (Lipinski definition) is 1. The van der Waals surface area contributed by atoms with E-state index in [0.29, 0.717) is 45.1 Å². The highest BCUT2D eigenvalue weighted by atomic mass is 32.2. The van der Waals surface area contributed by atoms with Crippen LogP contribution in [-0.4, -0.2) is 62.9 Å². The van der Waals surface area contributed by atoms with E-state index in [9.17, 15) is 23.3 Å². The van der Waals surface area contributed by atoms with Crippen LogP contribution >= 0.6 is 0 Å². The fraction of sp³-hybridized carbons (Fsp3) is 0.409. The second-order valence-corrected chi connectivity index (χ2v) is 9.94. The number of amides is 1. The van der Waals surface area contributed by atoms with E-state index in [1.165, 1.54) is 28.6 Å². The Morgan fingerprint density at radius 3 is 2.42 bits per heavy atom. The van der Waals surface area contributed by atoms with Gasteiger partial charge in [0.1, 0.15) is 0 Å². The first kappa shape index (κ1) is 23.1. The third-order valence-electron chi connectivity index (χ3n) is 5.83. The molecule has 0 atom stereocenters. The number of sulfonamides is 1. The lowest BCUT2D eigenvalue weighted by Crippen LogP contribution is -2.38.